The summed E-state index contributed by atoms with van der Waals surface area (Å²) in [6.45, 7) is 0. The van der Waals surface area contributed by atoms with E-state index in [2.05, 4.69) is 15.5 Å². The van der Waals surface area contributed by atoms with Gasteiger partial charge in [-0.25, -0.2) is 8.42 Å². The molecule has 0 saturated carbocycles. The standard InChI is InChI=1S/C16H14N4O3S/c1-24(22,23)15-7-2-4-12(8-15)16(21)19-13-5-3-6-14(9-13)20-10-17-18-11-20/h2-11H,1H3,(H,19,21). The number of benzene rings is 2. The molecule has 24 heavy (non-hydrogen) atoms. The van der Waals surface area contributed by atoms with E-state index >= 15 is 0 Å². The van der Waals surface area contributed by atoms with E-state index in [1.165, 1.54) is 12.1 Å². The van der Waals surface area contributed by atoms with Crippen LogP contribution in [0.2, 0.25) is 0 Å². The van der Waals surface area contributed by atoms with Gasteiger partial charge in [0.05, 0.1) is 10.6 Å². The van der Waals surface area contributed by atoms with Crippen molar-refractivity contribution in [1.82, 2.24) is 14.8 Å². The van der Waals surface area contributed by atoms with Gasteiger partial charge in [-0.05, 0) is 36.4 Å². The summed E-state index contributed by atoms with van der Waals surface area (Å²) < 4.78 is 24.9. The van der Waals surface area contributed by atoms with Crippen molar-refractivity contribution in [3.63, 3.8) is 0 Å². The predicted molar refractivity (Wildman–Crippen MR) is 88.9 cm³/mol. The van der Waals surface area contributed by atoms with Gasteiger partial charge >= 0.3 is 0 Å². The predicted octanol–water partition coefficient (Wildman–Crippen LogP) is 1.92. The van der Waals surface area contributed by atoms with E-state index in [1.54, 1.807) is 47.6 Å². The molecule has 0 unspecified atom stereocenters. The number of carbonyl (C=O) groups is 1. The molecule has 1 amide bonds. The maximum Gasteiger partial charge on any atom is 0.255 e. The molecule has 2 aromatic carbocycles. The molecule has 1 N–H and O–H groups in total. The van der Waals surface area contributed by atoms with Gasteiger partial charge in [-0.3, -0.25) is 9.36 Å². The van der Waals surface area contributed by atoms with Crippen LogP contribution < -0.4 is 5.32 Å². The molecule has 3 rings (SSSR count). The van der Waals surface area contributed by atoms with Gasteiger partial charge in [-0.2, -0.15) is 0 Å². The van der Waals surface area contributed by atoms with Crippen LogP contribution in [0.4, 0.5) is 5.69 Å². The SMILES string of the molecule is CS(=O)(=O)c1cccc(C(=O)Nc2cccc(-n3cnnc3)c2)c1. The highest BCUT2D eigenvalue weighted by Gasteiger charge is 2.12. The fourth-order valence-electron chi connectivity index (χ4n) is 2.15. The maximum absolute atomic E-state index is 12.4. The molecule has 8 heteroatoms. The minimum atomic E-state index is -3.37. The van der Waals surface area contributed by atoms with Crippen molar-refractivity contribution in [2.45, 2.75) is 4.90 Å². The number of anilines is 1. The van der Waals surface area contributed by atoms with E-state index in [0.717, 1.165) is 11.9 Å². The zero-order valence-corrected chi connectivity index (χ0v) is 13.6. The summed E-state index contributed by atoms with van der Waals surface area (Å²) in [5, 5.41) is 10.2. The van der Waals surface area contributed by atoms with Crippen molar-refractivity contribution < 1.29 is 13.2 Å². The number of carbonyl (C=O) groups excluding carboxylic acids is 1. The summed E-state index contributed by atoms with van der Waals surface area (Å²) >= 11 is 0. The molecule has 7 nitrogen and oxygen atoms in total. The maximum atomic E-state index is 12.4. The number of rotatable bonds is 4. The molecule has 0 saturated heterocycles. The second kappa shape index (κ2) is 6.25. The van der Waals surface area contributed by atoms with Crippen LogP contribution in [0.3, 0.4) is 0 Å². The molecular formula is C16H14N4O3S. The first kappa shape index (κ1) is 15.9. The Labute approximate surface area is 138 Å². The topological polar surface area (TPSA) is 94.0 Å². The zero-order chi connectivity index (χ0) is 17.2. The monoisotopic (exact) mass is 342 g/mol. The molecule has 0 radical (unpaired) electrons. The average Bonchev–Trinajstić information content (AvgIpc) is 3.09. The van der Waals surface area contributed by atoms with Crippen molar-refractivity contribution >= 4 is 21.4 Å². The fraction of sp³-hybridized carbons (Fsp3) is 0.0625. The lowest BCUT2D eigenvalue weighted by molar-refractivity contribution is 0.102. The van der Waals surface area contributed by atoms with Gasteiger partial charge in [0.2, 0.25) is 0 Å². The van der Waals surface area contributed by atoms with Gasteiger partial charge in [0.15, 0.2) is 9.84 Å². The van der Waals surface area contributed by atoms with E-state index in [0.29, 0.717) is 5.69 Å². The Morgan fingerprint density at radius 1 is 1.04 bits per heavy atom. The fourth-order valence-corrected chi connectivity index (χ4v) is 2.82. The lowest BCUT2D eigenvalue weighted by Gasteiger charge is -2.08. The average molecular weight is 342 g/mol. The van der Waals surface area contributed by atoms with Gasteiger partial charge in [0.1, 0.15) is 12.7 Å². The summed E-state index contributed by atoms with van der Waals surface area (Å²) in [5.74, 6) is -0.388. The van der Waals surface area contributed by atoms with Crippen LogP contribution >= 0.6 is 0 Å². The number of hydrogen-bond donors (Lipinski definition) is 1. The van der Waals surface area contributed by atoms with Crippen LogP contribution in [0, 0.1) is 0 Å². The molecule has 1 aromatic heterocycles. The van der Waals surface area contributed by atoms with E-state index in [4.69, 9.17) is 0 Å². The Morgan fingerprint density at radius 2 is 1.75 bits per heavy atom. The highest BCUT2D eigenvalue weighted by molar-refractivity contribution is 7.90. The van der Waals surface area contributed by atoms with Crippen LogP contribution in [0.15, 0.2) is 66.1 Å². The minimum absolute atomic E-state index is 0.105. The molecule has 1 heterocycles. The molecule has 0 spiro atoms. The molecule has 0 aliphatic rings. The van der Waals surface area contributed by atoms with E-state index < -0.39 is 9.84 Å². The Bertz CT molecular complexity index is 982. The zero-order valence-electron chi connectivity index (χ0n) is 12.7. The molecule has 0 fully saturated rings. The molecule has 3 aromatic rings. The molecule has 0 aliphatic heterocycles. The van der Waals surface area contributed by atoms with Gasteiger partial charge in [-0.15, -0.1) is 10.2 Å². The van der Waals surface area contributed by atoms with Gasteiger partial charge < -0.3 is 5.32 Å². The molecule has 0 aliphatic carbocycles. The smallest absolute Gasteiger partial charge is 0.255 e. The number of amides is 1. The summed E-state index contributed by atoms with van der Waals surface area (Å²) in [4.78, 5) is 12.5. The third-order valence-corrected chi connectivity index (χ3v) is 4.46. The Morgan fingerprint density at radius 3 is 2.46 bits per heavy atom. The highest BCUT2D eigenvalue weighted by Crippen LogP contribution is 2.17. The van der Waals surface area contributed by atoms with E-state index in [9.17, 15) is 13.2 Å². The summed E-state index contributed by atoms with van der Waals surface area (Å²) in [6.07, 6.45) is 4.21. The Kier molecular flexibility index (Phi) is 4.13. The first-order chi connectivity index (χ1) is 11.4. The number of nitrogens with one attached hydrogen (secondary N) is 1. The number of hydrogen-bond acceptors (Lipinski definition) is 5. The van der Waals surface area contributed by atoms with Crippen molar-refractivity contribution in [1.29, 1.82) is 0 Å². The number of aromatic nitrogens is 3. The summed E-state index contributed by atoms with van der Waals surface area (Å²) in [6, 6.07) is 13.1. The highest BCUT2D eigenvalue weighted by atomic mass is 32.2. The lowest BCUT2D eigenvalue weighted by Crippen LogP contribution is -2.13. The van der Waals surface area contributed by atoms with Crippen LogP contribution in [-0.2, 0) is 9.84 Å². The normalized spacial score (nSPS) is 11.2. The van der Waals surface area contributed by atoms with Crippen molar-refractivity contribution in [3.05, 3.63) is 66.7 Å². The van der Waals surface area contributed by atoms with Crippen molar-refractivity contribution in [2.75, 3.05) is 11.6 Å². The first-order valence-electron chi connectivity index (χ1n) is 7.00. The van der Waals surface area contributed by atoms with Crippen LogP contribution in [0.5, 0.6) is 0 Å². The lowest BCUT2D eigenvalue weighted by atomic mass is 10.2. The molecule has 0 bridgehead atoms. The third kappa shape index (κ3) is 3.49. The van der Waals surface area contributed by atoms with Gasteiger partial charge in [0.25, 0.3) is 5.91 Å². The van der Waals surface area contributed by atoms with Crippen LogP contribution in [0.1, 0.15) is 10.4 Å². The Balaban J connectivity index is 1.84. The van der Waals surface area contributed by atoms with E-state index in [1.807, 2.05) is 6.07 Å². The molecular weight excluding hydrogens is 328 g/mol. The summed E-state index contributed by atoms with van der Waals surface area (Å²) in [7, 11) is -3.37. The second-order valence-electron chi connectivity index (χ2n) is 5.17. The largest absolute Gasteiger partial charge is 0.322 e. The van der Waals surface area contributed by atoms with Crippen LogP contribution in [0.25, 0.3) is 5.69 Å². The Hall–Kier alpha value is -3.00. The quantitative estimate of drug-likeness (QED) is 0.782. The van der Waals surface area contributed by atoms with Crippen molar-refractivity contribution in [2.24, 2.45) is 0 Å². The number of sulfone groups is 1. The van der Waals surface area contributed by atoms with Gasteiger partial charge in [0, 0.05) is 17.5 Å². The van der Waals surface area contributed by atoms with Crippen molar-refractivity contribution in [3.8, 4) is 5.69 Å². The number of nitrogens with zero attached hydrogens (tertiary/aromatic N) is 3. The molecule has 122 valence electrons. The van der Waals surface area contributed by atoms with E-state index in [-0.39, 0.29) is 16.4 Å². The van der Waals surface area contributed by atoms with Crippen LogP contribution in [-0.4, -0.2) is 35.3 Å². The summed E-state index contributed by atoms with van der Waals surface area (Å²) in [5.41, 5.74) is 1.64. The third-order valence-electron chi connectivity index (χ3n) is 3.35. The first-order valence-corrected chi connectivity index (χ1v) is 8.89. The second-order valence-corrected chi connectivity index (χ2v) is 7.19. The van der Waals surface area contributed by atoms with Gasteiger partial charge in [-0.1, -0.05) is 12.1 Å². The molecule has 0 atom stereocenters. The minimum Gasteiger partial charge on any atom is -0.322 e.